The maximum absolute atomic E-state index is 12.3. The lowest BCUT2D eigenvalue weighted by Gasteiger charge is -2.36. The Kier molecular flexibility index (Phi) is 6.80. The number of rotatable bonds is 2. The Morgan fingerprint density at radius 1 is 1.37 bits per heavy atom. The van der Waals surface area contributed by atoms with E-state index < -0.39 is 11.5 Å². The SMILES string of the molecule is CC(NC(=O)C(C)(C)C)C(=O)N1CCNCC1C.Cl. The molecule has 2 unspecified atom stereocenters. The van der Waals surface area contributed by atoms with E-state index in [-0.39, 0.29) is 30.3 Å². The third-order valence-electron chi connectivity index (χ3n) is 3.18. The maximum Gasteiger partial charge on any atom is 0.245 e. The predicted octanol–water partition coefficient (Wildman–Crippen LogP) is 0.779. The van der Waals surface area contributed by atoms with Gasteiger partial charge in [-0.1, -0.05) is 20.8 Å². The molecule has 5 nitrogen and oxygen atoms in total. The predicted molar refractivity (Wildman–Crippen MR) is 78.4 cm³/mol. The number of halogens is 1. The molecule has 0 aromatic rings. The van der Waals surface area contributed by atoms with E-state index in [4.69, 9.17) is 0 Å². The number of carbonyl (C=O) groups excluding carboxylic acids is 2. The first-order chi connectivity index (χ1) is 8.23. The largest absolute Gasteiger partial charge is 0.344 e. The molecule has 1 aliphatic heterocycles. The Bertz CT molecular complexity index is 328. The molecule has 112 valence electrons. The summed E-state index contributed by atoms with van der Waals surface area (Å²) in [5.41, 5.74) is -0.469. The van der Waals surface area contributed by atoms with E-state index in [1.807, 2.05) is 32.6 Å². The van der Waals surface area contributed by atoms with Gasteiger partial charge in [0.05, 0.1) is 0 Å². The van der Waals surface area contributed by atoms with Crippen molar-refractivity contribution in [2.45, 2.75) is 46.7 Å². The van der Waals surface area contributed by atoms with Crippen molar-refractivity contribution in [1.29, 1.82) is 0 Å². The smallest absolute Gasteiger partial charge is 0.245 e. The highest BCUT2D eigenvalue weighted by Crippen LogP contribution is 2.13. The van der Waals surface area contributed by atoms with Crippen molar-refractivity contribution < 1.29 is 9.59 Å². The highest BCUT2D eigenvalue weighted by molar-refractivity contribution is 5.89. The molecule has 19 heavy (non-hydrogen) atoms. The van der Waals surface area contributed by atoms with Gasteiger partial charge in [0.2, 0.25) is 11.8 Å². The molecule has 1 aliphatic rings. The standard InChI is InChI=1S/C13H25N3O2.ClH/c1-9-8-14-6-7-16(9)11(17)10(2)15-12(18)13(3,4)5;/h9-10,14H,6-8H2,1-5H3,(H,15,18);1H. The highest BCUT2D eigenvalue weighted by atomic mass is 35.5. The molecule has 0 aromatic heterocycles. The van der Waals surface area contributed by atoms with Crippen molar-refractivity contribution in [2.75, 3.05) is 19.6 Å². The van der Waals surface area contributed by atoms with Crippen LogP contribution in [0.3, 0.4) is 0 Å². The van der Waals surface area contributed by atoms with E-state index in [0.29, 0.717) is 6.54 Å². The van der Waals surface area contributed by atoms with Crippen LogP contribution in [0.1, 0.15) is 34.6 Å². The molecule has 1 heterocycles. The Morgan fingerprint density at radius 3 is 2.42 bits per heavy atom. The number of carbonyl (C=O) groups is 2. The van der Waals surface area contributed by atoms with Crippen molar-refractivity contribution in [2.24, 2.45) is 5.41 Å². The zero-order valence-electron chi connectivity index (χ0n) is 12.4. The van der Waals surface area contributed by atoms with Crippen LogP contribution < -0.4 is 10.6 Å². The first-order valence-corrected chi connectivity index (χ1v) is 6.55. The van der Waals surface area contributed by atoms with Crippen molar-refractivity contribution in [3.63, 3.8) is 0 Å². The maximum atomic E-state index is 12.3. The minimum Gasteiger partial charge on any atom is -0.344 e. The van der Waals surface area contributed by atoms with Crippen molar-refractivity contribution in [1.82, 2.24) is 15.5 Å². The normalized spacial score (nSPS) is 21.3. The monoisotopic (exact) mass is 291 g/mol. The summed E-state index contributed by atoms with van der Waals surface area (Å²) in [6.45, 7) is 11.6. The highest BCUT2D eigenvalue weighted by Gasteiger charge is 2.30. The summed E-state index contributed by atoms with van der Waals surface area (Å²) >= 11 is 0. The van der Waals surface area contributed by atoms with Gasteiger partial charge in [0.15, 0.2) is 0 Å². The molecule has 0 aliphatic carbocycles. The lowest BCUT2D eigenvalue weighted by Crippen LogP contribution is -2.57. The van der Waals surface area contributed by atoms with E-state index >= 15 is 0 Å². The lowest BCUT2D eigenvalue weighted by atomic mass is 9.95. The summed E-state index contributed by atoms with van der Waals surface area (Å²) in [5.74, 6) is -0.0901. The van der Waals surface area contributed by atoms with Crippen molar-refractivity contribution >= 4 is 24.2 Å². The summed E-state index contributed by atoms with van der Waals surface area (Å²) in [6, 6.07) is -0.280. The van der Waals surface area contributed by atoms with E-state index in [1.165, 1.54) is 0 Å². The van der Waals surface area contributed by atoms with E-state index in [1.54, 1.807) is 6.92 Å². The van der Waals surface area contributed by atoms with Gasteiger partial charge >= 0.3 is 0 Å². The molecule has 2 N–H and O–H groups in total. The van der Waals surface area contributed by atoms with Gasteiger partial charge in [0.25, 0.3) is 0 Å². The summed E-state index contributed by atoms with van der Waals surface area (Å²) in [7, 11) is 0. The molecular weight excluding hydrogens is 266 g/mol. The molecule has 2 atom stereocenters. The van der Waals surface area contributed by atoms with Gasteiger partial charge in [0.1, 0.15) is 6.04 Å². The summed E-state index contributed by atoms with van der Waals surface area (Å²) in [4.78, 5) is 25.9. The molecular formula is C13H26ClN3O2. The molecule has 0 spiro atoms. The van der Waals surface area contributed by atoms with Crippen LogP contribution in [0.5, 0.6) is 0 Å². The average molecular weight is 292 g/mol. The number of amides is 2. The Morgan fingerprint density at radius 2 is 1.95 bits per heavy atom. The minimum absolute atomic E-state index is 0. The summed E-state index contributed by atoms with van der Waals surface area (Å²) in [5, 5.41) is 6.03. The third-order valence-corrected chi connectivity index (χ3v) is 3.18. The average Bonchev–Trinajstić information content (AvgIpc) is 2.27. The van der Waals surface area contributed by atoms with Crippen molar-refractivity contribution in [3.8, 4) is 0 Å². The molecule has 1 fully saturated rings. The van der Waals surface area contributed by atoms with Gasteiger partial charge < -0.3 is 15.5 Å². The number of hydrogen-bond donors (Lipinski definition) is 2. The van der Waals surface area contributed by atoms with Gasteiger partial charge in [-0.2, -0.15) is 0 Å². The van der Waals surface area contributed by atoms with Crippen LogP contribution in [0.25, 0.3) is 0 Å². The van der Waals surface area contributed by atoms with E-state index in [0.717, 1.165) is 13.1 Å². The Hall–Kier alpha value is -0.810. The molecule has 1 rings (SSSR count). The fourth-order valence-electron chi connectivity index (χ4n) is 1.89. The Labute approximate surface area is 121 Å². The first kappa shape index (κ1) is 18.2. The van der Waals surface area contributed by atoms with Crippen LogP contribution in [-0.2, 0) is 9.59 Å². The van der Waals surface area contributed by atoms with Crippen LogP contribution in [0, 0.1) is 5.41 Å². The molecule has 1 saturated heterocycles. The van der Waals surface area contributed by atoms with E-state index in [9.17, 15) is 9.59 Å². The van der Waals surface area contributed by atoms with E-state index in [2.05, 4.69) is 10.6 Å². The van der Waals surface area contributed by atoms with Crippen LogP contribution in [0.2, 0.25) is 0 Å². The fourth-order valence-corrected chi connectivity index (χ4v) is 1.89. The van der Waals surface area contributed by atoms with Crippen LogP contribution in [0.15, 0.2) is 0 Å². The molecule has 0 saturated carbocycles. The van der Waals surface area contributed by atoms with Gasteiger partial charge in [-0.3, -0.25) is 9.59 Å². The van der Waals surface area contributed by atoms with Gasteiger partial charge in [-0.25, -0.2) is 0 Å². The molecule has 6 heteroatoms. The molecule has 0 aromatic carbocycles. The fraction of sp³-hybridized carbons (Fsp3) is 0.846. The first-order valence-electron chi connectivity index (χ1n) is 6.55. The molecule has 0 bridgehead atoms. The topological polar surface area (TPSA) is 61.4 Å². The summed E-state index contributed by atoms with van der Waals surface area (Å²) < 4.78 is 0. The number of nitrogens with zero attached hydrogens (tertiary/aromatic N) is 1. The Balaban J connectivity index is 0.00000324. The number of piperazine rings is 1. The third kappa shape index (κ3) is 4.99. The second-order valence-corrected chi connectivity index (χ2v) is 6.03. The number of nitrogens with one attached hydrogen (secondary N) is 2. The lowest BCUT2D eigenvalue weighted by molar-refractivity contribution is -0.140. The van der Waals surface area contributed by atoms with Crippen LogP contribution in [-0.4, -0.2) is 48.4 Å². The van der Waals surface area contributed by atoms with Crippen molar-refractivity contribution in [3.05, 3.63) is 0 Å². The minimum atomic E-state index is -0.469. The number of hydrogen-bond acceptors (Lipinski definition) is 3. The van der Waals surface area contributed by atoms with Gasteiger partial charge in [0, 0.05) is 31.1 Å². The quantitative estimate of drug-likeness (QED) is 0.790. The second-order valence-electron chi connectivity index (χ2n) is 6.03. The zero-order valence-corrected chi connectivity index (χ0v) is 13.3. The van der Waals surface area contributed by atoms with Gasteiger partial charge in [-0.05, 0) is 13.8 Å². The van der Waals surface area contributed by atoms with Crippen LogP contribution in [0.4, 0.5) is 0 Å². The summed E-state index contributed by atoms with van der Waals surface area (Å²) in [6.07, 6.45) is 0. The van der Waals surface area contributed by atoms with Gasteiger partial charge in [-0.15, -0.1) is 12.4 Å². The zero-order chi connectivity index (χ0) is 13.9. The molecule has 2 amide bonds. The molecule has 0 radical (unpaired) electrons. The van der Waals surface area contributed by atoms with Crippen LogP contribution >= 0.6 is 12.4 Å². The second kappa shape index (κ2) is 7.10.